The highest BCUT2D eigenvalue weighted by atomic mass is 31.1. The molecule has 0 aromatic rings. The first kappa shape index (κ1) is 32.3. The van der Waals surface area contributed by atoms with Crippen LogP contribution in [0.25, 0.3) is 0 Å². The van der Waals surface area contributed by atoms with Gasteiger partial charge in [-0.1, -0.05) is 98.1 Å². The maximum atomic E-state index is 12.3. The second-order valence-electron chi connectivity index (χ2n) is 7.81. The highest BCUT2D eigenvalue weighted by molar-refractivity contribution is 7.40. The first-order valence-corrected chi connectivity index (χ1v) is 12.9. The Labute approximate surface area is 179 Å². The lowest BCUT2D eigenvalue weighted by atomic mass is 9.79. The summed E-state index contributed by atoms with van der Waals surface area (Å²) in [6, 6.07) is 0. The topological polar surface area (TPSA) is 37.3 Å². The Morgan fingerprint density at radius 1 is 0.857 bits per heavy atom. The molecule has 0 bridgehead atoms. The van der Waals surface area contributed by atoms with Gasteiger partial charge in [-0.05, 0) is 44.9 Å². The molecule has 0 spiro atoms. The molecule has 169 valence electrons. The lowest BCUT2D eigenvalue weighted by Gasteiger charge is -2.36. The zero-order valence-corrected chi connectivity index (χ0v) is 21.2. The molecule has 1 N–H and O–H groups in total. The molecule has 2 nitrogen and oxygen atoms in total. The normalized spacial score (nSPS) is 15.6. The van der Waals surface area contributed by atoms with Crippen LogP contribution in [0.15, 0.2) is 25.3 Å². The van der Waals surface area contributed by atoms with E-state index >= 15 is 0 Å². The SMILES string of the molecule is C=CC.C=CC.C[CH]C(CC(CC)CCCC)(CC(CC)CCCC)[PH](=O)O. The predicted octanol–water partition coefficient (Wildman–Crippen LogP) is 9.01. The standard InChI is InChI=1S/C19H40O2P.2C3H6/c1-6-11-13-17(8-3)15-19(10-5,22(20)21)16-18(9-4)14-12-7-2;2*1-3-2/h10,17-18,22H,6-9,11-16H2,1-5H3,(H,20,21);2*3H,1H2,2H3. The van der Waals surface area contributed by atoms with Crippen LogP contribution in [0.4, 0.5) is 0 Å². The van der Waals surface area contributed by atoms with E-state index in [1.165, 1.54) is 38.5 Å². The van der Waals surface area contributed by atoms with Crippen LogP contribution < -0.4 is 0 Å². The average molecular weight is 416 g/mol. The van der Waals surface area contributed by atoms with Gasteiger partial charge in [-0.15, -0.1) is 13.2 Å². The molecule has 28 heavy (non-hydrogen) atoms. The molecule has 3 unspecified atom stereocenters. The minimum Gasteiger partial charge on any atom is -0.346 e. The summed E-state index contributed by atoms with van der Waals surface area (Å²) in [6.07, 6.45) is 16.9. The van der Waals surface area contributed by atoms with Crippen LogP contribution in [0.2, 0.25) is 0 Å². The second-order valence-corrected chi connectivity index (χ2v) is 9.41. The average Bonchev–Trinajstić information content (AvgIpc) is 2.68. The van der Waals surface area contributed by atoms with Crippen LogP contribution in [0.1, 0.15) is 113 Å². The number of allylic oxidation sites excluding steroid dienone is 2. The van der Waals surface area contributed by atoms with Gasteiger partial charge in [0.15, 0.2) is 8.03 Å². The molecule has 0 rings (SSSR count). The third kappa shape index (κ3) is 16.6. The number of hydrogen-bond acceptors (Lipinski definition) is 1. The van der Waals surface area contributed by atoms with Crippen LogP contribution in [0, 0.1) is 18.3 Å². The maximum Gasteiger partial charge on any atom is 0.195 e. The zero-order valence-electron chi connectivity index (χ0n) is 20.2. The Bertz CT molecular complexity index is 342. The molecule has 0 aliphatic carbocycles. The molecule has 0 amide bonds. The van der Waals surface area contributed by atoms with E-state index in [4.69, 9.17) is 0 Å². The molecule has 0 aromatic heterocycles. The van der Waals surface area contributed by atoms with Crippen molar-refractivity contribution in [2.45, 2.75) is 118 Å². The Kier molecular flexibility index (Phi) is 26.5. The number of unbranched alkanes of at least 4 members (excludes halogenated alkanes) is 2. The summed E-state index contributed by atoms with van der Waals surface area (Å²) in [5.41, 5.74) is 0. The van der Waals surface area contributed by atoms with Crippen LogP contribution in [0.5, 0.6) is 0 Å². The van der Waals surface area contributed by atoms with E-state index in [0.29, 0.717) is 11.8 Å². The van der Waals surface area contributed by atoms with Crippen molar-refractivity contribution in [1.29, 1.82) is 0 Å². The van der Waals surface area contributed by atoms with Gasteiger partial charge in [0.2, 0.25) is 0 Å². The molecule has 0 aromatic carbocycles. The zero-order chi connectivity index (χ0) is 22.4. The summed E-state index contributed by atoms with van der Waals surface area (Å²) in [6.45, 7) is 21.4. The first-order chi connectivity index (χ1) is 13.3. The Hall–Kier alpha value is -0.330. The highest BCUT2D eigenvalue weighted by Crippen LogP contribution is 2.49. The van der Waals surface area contributed by atoms with Gasteiger partial charge in [-0.25, -0.2) is 0 Å². The molecular formula is C25H52O2P. The third-order valence-electron chi connectivity index (χ3n) is 5.37. The van der Waals surface area contributed by atoms with Gasteiger partial charge in [0.05, 0.1) is 0 Å². The van der Waals surface area contributed by atoms with Crippen molar-refractivity contribution in [3.63, 3.8) is 0 Å². The lowest BCUT2D eigenvalue weighted by molar-refractivity contribution is 0.296. The van der Waals surface area contributed by atoms with E-state index in [-0.39, 0.29) is 0 Å². The van der Waals surface area contributed by atoms with E-state index < -0.39 is 13.2 Å². The molecule has 0 heterocycles. The minimum atomic E-state index is -2.55. The molecule has 0 saturated heterocycles. The van der Waals surface area contributed by atoms with E-state index in [9.17, 15) is 9.46 Å². The van der Waals surface area contributed by atoms with Gasteiger partial charge in [0.25, 0.3) is 0 Å². The van der Waals surface area contributed by atoms with Crippen LogP contribution in [-0.4, -0.2) is 10.0 Å². The fourth-order valence-electron chi connectivity index (χ4n) is 3.53. The summed E-state index contributed by atoms with van der Waals surface area (Å²) in [5, 5.41) is -0.437. The Balaban J connectivity index is -0.000000915. The van der Waals surface area contributed by atoms with E-state index in [0.717, 1.165) is 25.7 Å². The van der Waals surface area contributed by atoms with Crippen molar-refractivity contribution >= 4 is 8.03 Å². The van der Waals surface area contributed by atoms with Crippen molar-refractivity contribution in [3.8, 4) is 0 Å². The Morgan fingerprint density at radius 2 is 1.18 bits per heavy atom. The third-order valence-corrected chi connectivity index (χ3v) is 6.92. The van der Waals surface area contributed by atoms with Gasteiger partial charge in [0, 0.05) is 5.16 Å². The van der Waals surface area contributed by atoms with E-state index in [2.05, 4.69) is 47.3 Å². The summed E-state index contributed by atoms with van der Waals surface area (Å²) in [5.74, 6) is 1.17. The quantitative estimate of drug-likeness (QED) is 0.227. The summed E-state index contributed by atoms with van der Waals surface area (Å²) >= 11 is 0. The van der Waals surface area contributed by atoms with Crippen LogP contribution in [0.3, 0.4) is 0 Å². The smallest absolute Gasteiger partial charge is 0.195 e. The van der Waals surface area contributed by atoms with Gasteiger partial charge >= 0.3 is 0 Å². The molecule has 3 heteroatoms. The van der Waals surface area contributed by atoms with Gasteiger partial charge < -0.3 is 4.89 Å². The molecule has 0 aliphatic rings. The summed E-state index contributed by atoms with van der Waals surface area (Å²) in [4.78, 5) is 10.1. The van der Waals surface area contributed by atoms with E-state index in [1.807, 2.05) is 20.8 Å². The van der Waals surface area contributed by atoms with Crippen LogP contribution in [-0.2, 0) is 4.57 Å². The van der Waals surface area contributed by atoms with Crippen molar-refractivity contribution < 1.29 is 9.46 Å². The molecule has 1 radical (unpaired) electrons. The number of hydrogen-bond donors (Lipinski definition) is 1. The lowest BCUT2D eigenvalue weighted by Crippen LogP contribution is -2.31. The molecular weight excluding hydrogens is 363 g/mol. The van der Waals surface area contributed by atoms with E-state index in [1.54, 1.807) is 12.2 Å². The van der Waals surface area contributed by atoms with Gasteiger partial charge in [-0.2, -0.15) is 0 Å². The highest BCUT2D eigenvalue weighted by Gasteiger charge is 2.37. The van der Waals surface area contributed by atoms with Crippen molar-refractivity contribution in [2.24, 2.45) is 11.8 Å². The molecule has 0 saturated carbocycles. The molecule has 0 aliphatic heterocycles. The first-order valence-electron chi connectivity index (χ1n) is 11.5. The van der Waals surface area contributed by atoms with Crippen molar-refractivity contribution in [2.75, 3.05) is 0 Å². The molecule has 0 fully saturated rings. The molecule has 3 atom stereocenters. The van der Waals surface area contributed by atoms with Crippen LogP contribution >= 0.6 is 8.03 Å². The monoisotopic (exact) mass is 415 g/mol. The minimum absolute atomic E-state index is 0.437. The largest absolute Gasteiger partial charge is 0.346 e. The predicted molar refractivity (Wildman–Crippen MR) is 132 cm³/mol. The summed E-state index contributed by atoms with van der Waals surface area (Å²) < 4.78 is 12.3. The number of rotatable bonds is 14. The fourth-order valence-corrected chi connectivity index (χ4v) is 4.71. The van der Waals surface area contributed by atoms with Crippen molar-refractivity contribution in [1.82, 2.24) is 0 Å². The second kappa shape index (κ2) is 23.0. The fraction of sp³-hybridized carbons (Fsp3) is 0.800. The maximum absolute atomic E-state index is 12.3. The van der Waals surface area contributed by atoms with Crippen molar-refractivity contribution in [3.05, 3.63) is 31.7 Å². The van der Waals surface area contributed by atoms with Gasteiger partial charge in [-0.3, -0.25) is 4.57 Å². The van der Waals surface area contributed by atoms with Gasteiger partial charge in [0.1, 0.15) is 0 Å². The Morgan fingerprint density at radius 3 is 1.36 bits per heavy atom. The summed E-state index contributed by atoms with van der Waals surface area (Å²) in [7, 11) is -2.55.